The van der Waals surface area contributed by atoms with Gasteiger partial charge in [-0.15, -0.1) is 11.3 Å². The summed E-state index contributed by atoms with van der Waals surface area (Å²) in [4.78, 5) is 24.1. The third-order valence-corrected chi connectivity index (χ3v) is 5.51. The Morgan fingerprint density at radius 1 is 1.48 bits per heavy atom. The van der Waals surface area contributed by atoms with E-state index in [4.69, 9.17) is 5.11 Å². The van der Waals surface area contributed by atoms with E-state index in [0.29, 0.717) is 19.4 Å². The van der Waals surface area contributed by atoms with Gasteiger partial charge >= 0.3 is 5.97 Å². The van der Waals surface area contributed by atoms with Crippen LogP contribution in [0.2, 0.25) is 0 Å². The van der Waals surface area contributed by atoms with Crippen molar-refractivity contribution in [2.24, 2.45) is 0 Å². The number of carbonyl (C=O) groups is 2. The number of hydrogen-bond donors (Lipinski definition) is 2. The highest BCUT2D eigenvalue weighted by atomic mass is 32.2. The lowest BCUT2D eigenvalue weighted by atomic mass is 10.2. The molecule has 1 aromatic heterocycles. The van der Waals surface area contributed by atoms with E-state index in [-0.39, 0.29) is 10.6 Å². The Morgan fingerprint density at radius 3 is 2.71 bits per heavy atom. The van der Waals surface area contributed by atoms with Crippen LogP contribution in [0.25, 0.3) is 0 Å². The second-order valence-corrected chi connectivity index (χ2v) is 8.12. The van der Waals surface area contributed by atoms with Crippen LogP contribution < -0.4 is 5.32 Å². The first-order valence-corrected chi connectivity index (χ1v) is 8.98. The molecule has 1 atom stereocenters. The van der Waals surface area contributed by atoms with E-state index in [1.54, 1.807) is 6.92 Å². The van der Waals surface area contributed by atoms with Crippen molar-refractivity contribution in [1.82, 2.24) is 4.31 Å². The van der Waals surface area contributed by atoms with Crippen molar-refractivity contribution < 1.29 is 23.1 Å². The topological polar surface area (TPSA) is 104 Å². The molecule has 0 saturated carbocycles. The SMILES string of the molecule is Cc1cc(C(=O)O)c(NC(=O)C2CCCN2S(C)(=O)=O)s1. The predicted octanol–water partition coefficient (Wildman–Crippen LogP) is 1.12. The van der Waals surface area contributed by atoms with E-state index < -0.39 is 27.9 Å². The molecule has 1 aromatic rings. The first kappa shape index (κ1) is 15.9. The van der Waals surface area contributed by atoms with Crippen LogP contribution in [-0.2, 0) is 14.8 Å². The number of carbonyl (C=O) groups excluding carboxylic acids is 1. The monoisotopic (exact) mass is 332 g/mol. The molecule has 0 spiro atoms. The first-order chi connectivity index (χ1) is 9.70. The number of carboxylic acids is 1. The number of nitrogens with one attached hydrogen (secondary N) is 1. The molecule has 1 unspecified atom stereocenters. The lowest BCUT2D eigenvalue weighted by Crippen LogP contribution is -2.42. The molecule has 0 radical (unpaired) electrons. The summed E-state index contributed by atoms with van der Waals surface area (Å²) in [5, 5.41) is 11.9. The van der Waals surface area contributed by atoms with Gasteiger partial charge in [0.05, 0.1) is 11.8 Å². The average molecular weight is 332 g/mol. The van der Waals surface area contributed by atoms with Crippen LogP contribution in [0.4, 0.5) is 5.00 Å². The minimum absolute atomic E-state index is 0.0229. The Morgan fingerprint density at radius 2 is 2.14 bits per heavy atom. The van der Waals surface area contributed by atoms with Gasteiger partial charge in [-0.2, -0.15) is 4.31 Å². The summed E-state index contributed by atoms with van der Waals surface area (Å²) < 4.78 is 24.4. The zero-order valence-corrected chi connectivity index (χ0v) is 13.3. The Kier molecular flexibility index (Phi) is 4.35. The molecule has 1 saturated heterocycles. The van der Waals surface area contributed by atoms with Crippen LogP contribution in [0.15, 0.2) is 6.07 Å². The maximum atomic E-state index is 12.3. The molecular formula is C12H16N2O5S2. The molecule has 2 rings (SSSR count). The first-order valence-electron chi connectivity index (χ1n) is 6.31. The number of sulfonamides is 1. The molecule has 0 aromatic carbocycles. The number of nitrogens with zero attached hydrogens (tertiary/aromatic N) is 1. The maximum Gasteiger partial charge on any atom is 0.338 e. The fraction of sp³-hybridized carbons (Fsp3) is 0.500. The van der Waals surface area contributed by atoms with Gasteiger partial charge in [0.15, 0.2) is 0 Å². The number of carboxylic acid groups (broad SMARTS) is 1. The van der Waals surface area contributed by atoms with Crippen LogP contribution in [0.1, 0.15) is 28.1 Å². The van der Waals surface area contributed by atoms with Gasteiger partial charge in [-0.25, -0.2) is 13.2 Å². The summed E-state index contributed by atoms with van der Waals surface area (Å²) in [6, 6.07) is 0.704. The van der Waals surface area contributed by atoms with Crippen molar-refractivity contribution in [3.05, 3.63) is 16.5 Å². The van der Waals surface area contributed by atoms with E-state index in [0.717, 1.165) is 26.8 Å². The second-order valence-electron chi connectivity index (χ2n) is 4.93. The van der Waals surface area contributed by atoms with Gasteiger partial charge in [-0.1, -0.05) is 0 Å². The van der Waals surface area contributed by atoms with Crippen LogP contribution in [0.3, 0.4) is 0 Å². The van der Waals surface area contributed by atoms with Crippen molar-refractivity contribution >= 4 is 38.2 Å². The highest BCUT2D eigenvalue weighted by molar-refractivity contribution is 7.88. The standard InChI is InChI=1S/C12H16N2O5S2/c1-7-6-8(12(16)17)11(20-7)13-10(15)9-4-3-5-14(9)21(2,18)19/h6,9H,3-5H2,1-2H3,(H,13,15)(H,16,17). The Bertz CT molecular complexity index is 680. The second kappa shape index (κ2) is 5.74. The van der Waals surface area contributed by atoms with E-state index in [1.807, 2.05) is 0 Å². The zero-order valence-electron chi connectivity index (χ0n) is 11.6. The van der Waals surface area contributed by atoms with Crippen LogP contribution in [0, 0.1) is 6.92 Å². The Balaban J connectivity index is 2.20. The molecule has 9 heteroatoms. The van der Waals surface area contributed by atoms with Gasteiger partial charge in [-0.05, 0) is 25.8 Å². The average Bonchev–Trinajstić information content (AvgIpc) is 2.94. The largest absolute Gasteiger partial charge is 0.478 e. The minimum atomic E-state index is -3.45. The van der Waals surface area contributed by atoms with Gasteiger partial charge < -0.3 is 10.4 Å². The molecule has 116 valence electrons. The number of rotatable bonds is 4. The lowest BCUT2D eigenvalue weighted by Gasteiger charge is -2.21. The van der Waals surface area contributed by atoms with Crippen molar-refractivity contribution in [2.45, 2.75) is 25.8 Å². The number of thiophene rings is 1. The molecule has 7 nitrogen and oxygen atoms in total. The molecule has 2 N–H and O–H groups in total. The summed E-state index contributed by atoms with van der Waals surface area (Å²) in [7, 11) is -3.45. The summed E-state index contributed by atoms with van der Waals surface area (Å²) in [5.74, 6) is -1.61. The van der Waals surface area contributed by atoms with E-state index >= 15 is 0 Å². The van der Waals surface area contributed by atoms with E-state index in [2.05, 4.69) is 5.32 Å². The Labute approximate surface area is 126 Å². The number of amides is 1. The minimum Gasteiger partial charge on any atom is -0.478 e. The molecule has 0 bridgehead atoms. The van der Waals surface area contributed by atoms with Gasteiger partial charge in [0, 0.05) is 11.4 Å². The molecule has 21 heavy (non-hydrogen) atoms. The third kappa shape index (κ3) is 3.42. The van der Waals surface area contributed by atoms with Crippen molar-refractivity contribution in [3.63, 3.8) is 0 Å². The van der Waals surface area contributed by atoms with E-state index in [1.165, 1.54) is 6.07 Å². The lowest BCUT2D eigenvalue weighted by molar-refractivity contribution is -0.119. The van der Waals surface area contributed by atoms with Gasteiger partial charge in [0.25, 0.3) is 0 Å². The van der Waals surface area contributed by atoms with E-state index in [9.17, 15) is 18.0 Å². The summed E-state index contributed by atoms with van der Waals surface area (Å²) in [6.45, 7) is 2.05. The molecule has 1 aliphatic rings. The fourth-order valence-corrected chi connectivity index (χ4v) is 4.39. The predicted molar refractivity (Wildman–Crippen MR) is 79.2 cm³/mol. The maximum absolute atomic E-state index is 12.3. The highest BCUT2D eigenvalue weighted by Crippen LogP contribution is 2.29. The van der Waals surface area contributed by atoms with Crippen LogP contribution in [0.5, 0.6) is 0 Å². The van der Waals surface area contributed by atoms with Gasteiger partial charge in [0.2, 0.25) is 15.9 Å². The number of anilines is 1. The molecule has 2 heterocycles. The summed E-state index contributed by atoms with van der Waals surface area (Å²) in [5.41, 5.74) is 0.0229. The quantitative estimate of drug-likeness (QED) is 0.860. The van der Waals surface area contributed by atoms with Crippen LogP contribution >= 0.6 is 11.3 Å². The Hall–Kier alpha value is -1.45. The number of hydrogen-bond acceptors (Lipinski definition) is 5. The molecule has 0 aliphatic carbocycles. The van der Waals surface area contributed by atoms with Gasteiger partial charge in [-0.3, -0.25) is 4.79 Å². The number of aryl methyl sites for hydroxylation is 1. The summed E-state index contributed by atoms with van der Waals surface area (Å²) >= 11 is 1.16. The van der Waals surface area contributed by atoms with Crippen molar-refractivity contribution in [2.75, 3.05) is 18.1 Å². The third-order valence-electron chi connectivity index (χ3n) is 3.25. The van der Waals surface area contributed by atoms with Crippen LogP contribution in [-0.4, -0.2) is 48.5 Å². The highest BCUT2D eigenvalue weighted by Gasteiger charge is 2.36. The molecule has 1 amide bonds. The van der Waals surface area contributed by atoms with Crippen molar-refractivity contribution in [1.29, 1.82) is 0 Å². The van der Waals surface area contributed by atoms with Crippen molar-refractivity contribution in [3.8, 4) is 0 Å². The van der Waals surface area contributed by atoms with Gasteiger partial charge in [0.1, 0.15) is 11.0 Å². The fourth-order valence-electron chi connectivity index (χ4n) is 2.36. The molecule has 1 aliphatic heterocycles. The smallest absolute Gasteiger partial charge is 0.338 e. The number of aromatic carboxylic acids is 1. The normalized spacial score (nSPS) is 19.6. The molecule has 1 fully saturated rings. The molecular weight excluding hydrogens is 316 g/mol. The zero-order chi connectivity index (χ0) is 15.8. The summed E-state index contributed by atoms with van der Waals surface area (Å²) in [6.07, 6.45) is 2.11.